The second-order valence-corrected chi connectivity index (χ2v) is 4.89. The minimum atomic E-state index is 0. The smallest absolute Gasteiger partial charge is 0.0409 e. The highest BCUT2D eigenvalue weighted by Gasteiger charge is 2.11. The van der Waals surface area contributed by atoms with E-state index in [0.29, 0.717) is 0 Å². The average molecular weight is 312 g/mol. The molecule has 0 amide bonds. The molecule has 1 heterocycles. The summed E-state index contributed by atoms with van der Waals surface area (Å²) in [6.07, 6.45) is 2.59. The lowest BCUT2D eigenvalue weighted by Crippen LogP contribution is -2.33. The summed E-state index contributed by atoms with van der Waals surface area (Å²) >= 11 is 5.94. The van der Waals surface area contributed by atoms with Gasteiger partial charge in [0.1, 0.15) is 0 Å². The lowest BCUT2D eigenvalue weighted by atomic mass is 9.98. The molecule has 0 aliphatic carbocycles. The van der Waals surface area contributed by atoms with E-state index >= 15 is 0 Å². The van der Waals surface area contributed by atoms with E-state index < -0.39 is 0 Å². The van der Waals surface area contributed by atoms with Gasteiger partial charge in [-0.05, 0) is 56.1 Å². The zero-order valence-electron chi connectivity index (χ0n) is 10.3. The molecule has 1 aromatic carbocycles. The molecule has 0 spiro atoms. The van der Waals surface area contributed by atoms with E-state index in [-0.39, 0.29) is 24.8 Å². The standard InChI is InChI=1S/C13H19ClN2.2ClH/c14-13-3-1-2-12(8-13)10-16-9-11-4-6-15-7-5-11;;/h1-3,8,11,15-16H,4-7,9-10H2;2*1H. The molecule has 0 aromatic heterocycles. The quantitative estimate of drug-likeness (QED) is 0.892. The Morgan fingerprint density at radius 3 is 2.61 bits per heavy atom. The molecule has 104 valence electrons. The Balaban J connectivity index is 0.00000144. The Labute approximate surface area is 127 Å². The van der Waals surface area contributed by atoms with Gasteiger partial charge in [-0.15, -0.1) is 24.8 Å². The molecule has 2 nitrogen and oxygen atoms in total. The van der Waals surface area contributed by atoms with Crippen molar-refractivity contribution in [3.63, 3.8) is 0 Å². The van der Waals surface area contributed by atoms with Gasteiger partial charge in [-0.3, -0.25) is 0 Å². The largest absolute Gasteiger partial charge is 0.317 e. The Morgan fingerprint density at radius 1 is 1.22 bits per heavy atom. The van der Waals surface area contributed by atoms with Gasteiger partial charge in [0.2, 0.25) is 0 Å². The number of nitrogens with one attached hydrogen (secondary N) is 2. The van der Waals surface area contributed by atoms with Gasteiger partial charge in [-0.25, -0.2) is 0 Å². The molecule has 2 N–H and O–H groups in total. The van der Waals surface area contributed by atoms with Gasteiger partial charge in [-0.2, -0.15) is 0 Å². The Hall–Kier alpha value is 0.01000. The zero-order valence-corrected chi connectivity index (χ0v) is 12.7. The zero-order chi connectivity index (χ0) is 11.2. The topological polar surface area (TPSA) is 24.1 Å². The van der Waals surface area contributed by atoms with E-state index in [1.807, 2.05) is 18.2 Å². The van der Waals surface area contributed by atoms with Gasteiger partial charge in [-0.1, -0.05) is 23.7 Å². The minimum Gasteiger partial charge on any atom is -0.317 e. The molecular weight excluding hydrogens is 291 g/mol. The number of piperidine rings is 1. The van der Waals surface area contributed by atoms with Crippen molar-refractivity contribution in [3.05, 3.63) is 34.9 Å². The van der Waals surface area contributed by atoms with Gasteiger partial charge in [0, 0.05) is 11.6 Å². The van der Waals surface area contributed by atoms with Gasteiger partial charge >= 0.3 is 0 Å². The molecule has 1 aliphatic heterocycles. The van der Waals surface area contributed by atoms with Gasteiger partial charge < -0.3 is 10.6 Å². The van der Waals surface area contributed by atoms with Crippen LogP contribution in [0.25, 0.3) is 0 Å². The van der Waals surface area contributed by atoms with Crippen LogP contribution in [-0.2, 0) is 6.54 Å². The van der Waals surface area contributed by atoms with Crippen LogP contribution in [0.1, 0.15) is 18.4 Å². The van der Waals surface area contributed by atoms with Gasteiger partial charge in [0.15, 0.2) is 0 Å². The Morgan fingerprint density at radius 2 is 1.94 bits per heavy atom. The normalized spacial score (nSPS) is 15.6. The molecule has 1 aromatic rings. The number of hydrogen-bond donors (Lipinski definition) is 2. The predicted octanol–water partition coefficient (Wildman–Crippen LogP) is 3.27. The van der Waals surface area contributed by atoms with Crippen molar-refractivity contribution in [1.29, 1.82) is 0 Å². The summed E-state index contributed by atoms with van der Waals surface area (Å²) in [6, 6.07) is 8.06. The SMILES string of the molecule is Cl.Cl.Clc1cccc(CNCC2CCNCC2)c1. The highest BCUT2D eigenvalue weighted by Crippen LogP contribution is 2.12. The highest BCUT2D eigenvalue weighted by molar-refractivity contribution is 6.30. The lowest BCUT2D eigenvalue weighted by molar-refractivity contribution is 0.356. The molecule has 1 saturated heterocycles. The first kappa shape index (κ1) is 18.0. The first-order chi connectivity index (χ1) is 7.84. The summed E-state index contributed by atoms with van der Waals surface area (Å²) in [4.78, 5) is 0. The van der Waals surface area contributed by atoms with E-state index in [1.165, 1.54) is 31.5 Å². The number of halogens is 3. The van der Waals surface area contributed by atoms with Crippen LogP contribution < -0.4 is 10.6 Å². The second kappa shape index (κ2) is 9.88. The fraction of sp³-hybridized carbons (Fsp3) is 0.538. The van der Waals surface area contributed by atoms with Crippen LogP contribution in [0.3, 0.4) is 0 Å². The van der Waals surface area contributed by atoms with Crippen molar-refractivity contribution >= 4 is 36.4 Å². The summed E-state index contributed by atoms with van der Waals surface area (Å²) in [5, 5.41) is 7.72. The maximum absolute atomic E-state index is 5.94. The van der Waals surface area contributed by atoms with Crippen molar-refractivity contribution < 1.29 is 0 Å². The summed E-state index contributed by atoms with van der Waals surface area (Å²) in [5.74, 6) is 0.834. The monoisotopic (exact) mass is 310 g/mol. The fourth-order valence-electron chi connectivity index (χ4n) is 2.15. The molecular formula is C13H21Cl3N2. The van der Waals surface area contributed by atoms with E-state index in [4.69, 9.17) is 11.6 Å². The summed E-state index contributed by atoms with van der Waals surface area (Å²) in [7, 11) is 0. The maximum Gasteiger partial charge on any atom is 0.0409 e. The summed E-state index contributed by atoms with van der Waals surface area (Å²) < 4.78 is 0. The molecule has 5 heteroatoms. The van der Waals surface area contributed by atoms with Gasteiger partial charge in [0.05, 0.1) is 0 Å². The van der Waals surface area contributed by atoms with Crippen molar-refractivity contribution in [1.82, 2.24) is 10.6 Å². The van der Waals surface area contributed by atoms with Crippen LogP contribution in [0.2, 0.25) is 5.02 Å². The molecule has 1 aliphatic rings. The summed E-state index contributed by atoms with van der Waals surface area (Å²) in [6.45, 7) is 4.38. The first-order valence-electron chi connectivity index (χ1n) is 6.00. The maximum atomic E-state index is 5.94. The Bertz CT molecular complexity index is 328. The third-order valence-electron chi connectivity index (χ3n) is 3.11. The highest BCUT2D eigenvalue weighted by atomic mass is 35.5. The number of benzene rings is 1. The third kappa shape index (κ3) is 6.26. The van der Waals surface area contributed by atoms with E-state index in [2.05, 4.69) is 16.7 Å². The molecule has 0 atom stereocenters. The van der Waals surface area contributed by atoms with E-state index in [0.717, 1.165) is 24.0 Å². The third-order valence-corrected chi connectivity index (χ3v) is 3.34. The molecule has 1 fully saturated rings. The van der Waals surface area contributed by atoms with Crippen LogP contribution in [0.4, 0.5) is 0 Å². The van der Waals surface area contributed by atoms with E-state index in [1.54, 1.807) is 0 Å². The van der Waals surface area contributed by atoms with Crippen LogP contribution in [0.15, 0.2) is 24.3 Å². The van der Waals surface area contributed by atoms with Crippen molar-refractivity contribution in [3.8, 4) is 0 Å². The lowest BCUT2D eigenvalue weighted by Gasteiger charge is -2.22. The van der Waals surface area contributed by atoms with Crippen LogP contribution >= 0.6 is 36.4 Å². The Kier molecular flexibility index (Phi) is 9.88. The number of rotatable bonds is 4. The van der Waals surface area contributed by atoms with Crippen LogP contribution in [-0.4, -0.2) is 19.6 Å². The number of hydrogen-bond acceptors (Lipinski definition) is 2. The first-order valence-corrected chi connectivity index (χ1v) is 6.38. The van der Waals surface area contributed by atoms with Crippen molar-refractivity contribution in [2.24, 2.45) is 5.92 Å². The summed E-state index contributed by atoms with van der Waals surface area (Å²) in [5.41, 5.74) is 1.27. The molecule has 0 saturated carbocycles. The molecule has 18 heavy (non-hydrogen) atoms. The van der Waals surface area contributed by atoms with Crippen molar-refractivity contribution in [2.75, 3.05) is 19.6 Å². The van der Waals surface area contributed by atoms with Gasteiger partial charge in [0.25, 0.3) is 0 Å². The fourth-order valence-corrected chi connectivity index (χ4v) is 2.37. The molecule has 0 radical (unpaired) electrons. The minimum absolute atomic E-state index is 0. The van der Waals surface area contributed by atoms with E-state index in [9.17, 15) is 0 Å². The second-order valence-electron chi connectivity index (χ2n) is 4.45. The van der Waals surface area contributed by atoms with Crippen LogP contribution in [0, 0.1) is 5.92 Å². The average Bonchev–Trinajstić information content (AvgIpc) is 2.30. The molecule has 0 unspecified atom stereocenters. The van der Waals surface area contributed by atoms with Crippen LogP contribution in [0.5, 0.6) is 0 Å². The van der Waals surface area contributed by atoms with Crippen molar-refractivity contribution in [2.45, 2.75) is 19.4 Å². The molecule has 2 rings (SSSR count). The predicted molar refractivity (Wildman–Crippen MR) is 83.2 cm³/mol. The molecule has 0 bridgehead atoms.